The van der Waals surface area contributed by atoms with Crippen LogP contribution >= 0.6 is 0 Å². The van der Waals surface area contributed by atoms with Gasteiger partial charge in [0.15, 0.2) is 0 Å². The lowest BCUT2D eigenvalue weighted by molar-refractivity contribution is 0.0745. The molecule has 0 aliphatic carbocycles. The molecule has 1 rings (SSSR count). The van der Waals surface area contributed by atoms with Crippen molar-refractivity contribution in [2.24, 2.45) is 0 Å². The molecule has 0 radical (unpaired) electrons. The molecule has 0 aliphatic heterocycles. The highest BCUT2D eigenvalue weighted by atomic mass is 16.5. The number of hydrogen-bond donors (Lipinski definition) is 1. The van der Waals surface area contributed by atoms with E-state index in [1.165, 1.54) is 0 Å². The van der Waals surface area contributed by atoms with Gasteiger partial charge in [-0.3, -0.25) is 4.79 Å². The van der Waals surface area contributed by atoms with E-state index in [1.54, 1.807) is 31.2 Å². The van der Waals surface area contributed by atoms with Gasteiger partial charge in [-0.25, -0.2) is 0 Å². The number of ether oxygens (including phenoxy) is 1. The second kappa shape index (κ2) is 5.51. The van der Waals surface area contributed by atoms with E-state index in [2.05, 4.69) is 0 Å². The molecule has 16 heavy (non-hydrogen) atoms. The fourth-order valence-electron chi connectivity index (χ4n) is 1.39. The van der Waals surface area contributed by atoms with Crippen molar-refractivity contribution in [2.75, 3.05) is 33.0 Å². The number of carbonyl (C=O) groups excluding carboxylic acids is 1. The molecule has 4 heteroatoms. The van der Waals surface area contributed by atoms with Crippen molar-refractivity contribution in [3.8, 4) is 0 Å². The van der Waals surface area contributed by atoms with E-state index in [-0.39, 0.29) is 5.91 Å². The first-order valence-corrected chi connectivity index (χ1v) is 5.16. The molecule has 1 aromatic carbocycles. The Bertz CT molecular complexity index is 377. The summed E-state index contributed by atoms with van der Waals surface area (Å²) in [5.74, 6) is -0.0711. The highest BCUT2D eigenvalue weighted by Crippen LogP contribution is 2.15. The minimum Gasteiger partial charge on any atom is -0.398 e. The molecule has 0 aliphatic rings. The predicted octanol–water partition coefficient (Wildman–Crippen LogP) is 1.30. The second-order valence-electron chi connectivity index (χ2n) is 3.81. The van der Waals surface area contributed by atoms with Crippen LogP contribution in [-0.2, 0) is 4.74 Å². The van der Waals surface area contributed by atoms with Crippen LogP contribution in [0.2, 0.25) is 0 Å². The summed E-state index contributed by atoms with van der Waals surface area (Å²) in [4.78, 5) is 13.6. The number of methoxy groups -OCH3 is 1. The molecule has 4 nitrogen and oxygen atoms in total. The Labute approximate surface area is 96.0 Å². The summed E-state index contributed by atoms with van der Waals surface area (Å²) in [6, 6.07) is 5.45. The molecule has 1 aromatic rings. The summed E-state index contributed by atoms with van der Waals surface area (Å²) in [5.41, 5.74) is 7.87. The Balaban J connectivity index is 2.83. The smallest absolute Gasteiger partial charge is 0.255 e. The Hall–Kier alpha value is -1.55. The van der Waals surface area contributed by atoms with Crippen LogP contribution in [0.3, 0.4) is 0 Å². The monoisotopic (exact) mass is 222 g/mol. The maximum Gasteiger partial charge on any atom is 0.255 e. The van der Waals surface area contributed by atoms with Crippen LogP contribution in [0.1, 0.15) is 15.9 Å². The Morgan fingerprint density at radius 2 is 2.19 bits per heavy atom. The zero-order valence-corrected chi connectivity index (χ0v) is 9.99. The van der Waals surface area contributed by atoms with Gasteiger partial charge in [-0.15, -0.1) is 0 Å². The van der Waals surface area contributed by atoms with Gasteiger partial charge >= 0.3 is 0 Å². The summed E-state index contributed by atoms with van der Waals surface area (Å²) >= 11 is 0. The van der Waals surface area contributed by atoms with Crippen LogP contribution in [0.15, 0.2) is 18.2 Å². The molecule has 0 aromatic heterocycles. The van der Waals surface area contributed by atoms with Gasteiger partial charge in [0.1, 0.15) is 0 Å². The van der Waals surface area contributed by atoms with Crippen molar-refractivity contribution in [3.05, 3.63) is 29.3 Å². The first-order valence-electron chi connectivity index (χ1n) is 5.16. The van der Waals surface area contributed by atoms with E-state index in [0.29, 0.717) is 24.4 Å². The van der Waals surface area contributed by atoms with Crippen LogP contribution < -0.4 is 5.73 Å². The number of nitrogens with two attached hydrogens (primary N) is 1. The Kier molecular flexibility index (Phi) is 4.31. The molecular weight excluding hydrogens is 204 g/mol. The van der Waals surface area contributed by atoms with Crippen LogP contribution in [0, 0.1) is 6.92 Å². The fraction of sp³-hybridized carbons (Fsp3) is 0.417. The van der Waals surface area contributed by atoms with Gasteiger partial charge in [0.05, 0.1) is 12.2 Å². The number of hydrogen-bond acceptors (Lipinski definition) is 3. The number of aryl methyl sites for hydroxylation is 1. The average molecular weight is 222 g/mol. The van der Waals surface area contributed by atoms with E-state index in [0.717, 1.165) is 5.56 Å². The minimum atomic E-state index is -0.0711. The van der Waals surface area contributed by atoms with Gasteiger partial charge in [-0.05, 0) is 19.1 Å². The lowest BCUT2D eigenvalue weighted by Gasteiger charge is -2.17. The number of nitrogens with zero attached hydrogens (tertiary/aromatic N) is 1. The molecule has 0 heterocycles. The van der Waals surface area contributed by atoms with Gasteiger partial charge in [-0.1, -0.05) is 11.6 Å². The quantitative estimate of drug-likeness (QED) is 0.781. The van der Waals surface area contributed by atoms with Crippen LogP contribution in [0.4, 0.5) is 5.69 Å². The third-order valence-corrected chi connectivity index (χ3v) is 2.42. The van der Waals surface area contributed by atoms with Crippen LogP contribution in [0.25, 0.3) is 0 Å². The van der Waals surface area contributed by atoms with Crippen molar-refractivity contribution >= 4 is 11.6 Å². The number of nitrogen functional groups attached to an aromatic ring is 1. The first-order chi connectivity index (χ1) is 7.56. The highest BCUT2D eigenvalue weighted by Gasteiger charge is 2.14. The van der Waals surface area contributed by atoms with Gasteiger partial charge in [0.25, 0.3) is 5.91 Å². The lowest BCUT2D eigenvalue weighted by Crippen LogP contribution is -2.30. The third kappa shape index (κ3) is 2.97. The highest BCUT2D eigenvalue weighted by molar-refractivity contribution is 5.99. The number of benzene rings is 1. The summed E-state index contributed by atoms with van der Waals surface area (Å²) in [7, 11) is 3.35. The SMILES string of the molecule is COCCN(C)C(=O)c1cc(C)ccc1N. The fourth-order valence-corrected chi connectivity index (χ4v) is 1.39. The van der Waals surface area contributed by atoms with Gasteiger partial charge in [0.2, 0.25) is 0 Å². The molecule has 2 N–H and O–H groups in total. The van der Waals surface area contributed by atoms with Crippen molar-refractivity contribution in [2.45, 2.75) is 6.92 Å². The molecule has 0 atom stereocenters. The topological polar surface area (TPSA) is 55.6 Å². The maximum atomic E-state index is 12.0. The summed E-state index contributed by atoms with van der Waals surface area (Å²) in [6.07, 6.45) is 0. The van der Waals surface area contributed by atoms with E-state index in [1.807, 2.05) is 13.0 Å². The molecule has 0 fully saturated rings. The molecule has 0 saturated carbocycles. The summed E-state index contributed by atoms with van der Waals surface area (Å²) in [5, 5.41) is 0. The number of rotatable bonds is 4. The number of carbonyl (C=O) groups is 1. The molecule has 88 valence electrons. The number of likely N-dealkylation sites (N-methyl/N-ethyl adjacent to an activating group) is 1. The predicted molar refractivity (Wildman–Crippen MR) is 64.4 cm³/mol. The molecule has 1 amide bonds. The maximum absolute atomic E-state index is 12.0. The number of amides is 1. The zero-order valence-electron chi connectivity index (χ0n) is 9.99. The van der Waals surface area contributed by atoms with E-state index < -0.39 is 0 Å². The van der Waals surface area contributed by atoms with Gasteiger partial charge < -0.3 is 15.4 Å². The molecular formula is C12H18N2O2. The van der Waals surface area contributed by atoms with E-state index >= 15 is 0 Å². The normalized spacial score (nSPS) is 10.2. The standard InChI is InChI=1S/C12H18N2O2/c1-9-4-5-11(13)10(8-9)12(15)14(2)6-7-16-3/h4-5,8H,6-7,13H2,1-3H3. The van der Waals surface area contributed by atoms with E-state index in [9.17, 15) is 4.79 Å². The average Bonchev–Trinajstić information content (AvgIpc) is 2.28. The Morgan fingerprint density at radius 3 is 2.81 bits per heavy atom. The Morgan fingerprint density at radius 1 is 1.50 bits per heavy atom. The minimum absolute atomic E-state index is 0.0711. The molecule has 0 saturated heterocycles. The van der Waals surface area contributed by atoms with Crippen LogP contribution in [-0.4, -0.2) is 38.1 Å². The molecule has 0 unspecified atom stereocenters. The van der Waals surface area contributed by atoms with Crippen LogP contribution in [0.5, 0.6) is 0 Å². The lowest BCUT2D eigenvalue weighted by atomic mass is 10.1. The van der Waals surface area contributed by atoms with Gasteiger partial charge in [0, 0.05) is 26.4 Å². The third-order valence-electron chi connectivity index (χ3n) is 2.42. The summed E-state index contributed by atoms with van der Waals surface area (Å²) < 4.78 is 4.93. The van der Waals surface area contributed by atoms with Crippen molar-refractivity contribution in [1.29, 1.82) is 0 Å². The summed E-state index contributed by atoms with van der Waals surface area (Å²) in [6.45, 7) is 3.02. The largest absolute Gasteiger partial charge is 0.398 e. The van der Waals surface area contributed by atoms with E-state index in [4.69, 9.17) is 10.5 Å². The second-order valence-corrected chi connectivity index (χ2v) is 3.81. The first kappa shape index (κ1) is 12.5. The molecule has 0 spiro atoms. The number of anilines is 1. The van der Waals surface area contributed by atoms with Crippen molar-refractivity contribution in [3.63, 3.8) is 0 Å². The van der Waals surface area contributed by atoms with Crippen molar-refractivity contribution < 1.29 is 9.53 Å². The zero-order chi connectivity index (χ0) is 12.1. The molecule has 0 bridgehead atoms. The van der Waals surface area contributed by atoms with Crippen molar-refractivity contribution in [1.82, 2.24) is 4.90 Å². The van der Waals surface area contributed by atoms with Gasteiger partial charge in [-0.2, -0.15) is 0 Å².